The zero-order chi connectivity index (χ0) is 23.6. The molecule has 1 fully saturated rings. The van der Waals surface area contributed by atoms with E-state index in [0.717, 1.165) is 27.9 Å². The van der Waals surface area contributed by atoms with Gasteiger partial charge in [-0.2, -0.15) is 0 Å². The summed E-state index contributed by atoms with van der Waals surface area (Å²) in [6.07, 6.45) is -4.66. The van der Waals surface area contributed by atoms with Gasteiger partial charge < -0.3 is 23.7 Å². The van der Waals surface area contributed by atoms with Crippen molar-refractivity contribution in [2.24, 2.45) is 0 Å². The molecule has 32 heavy (non-hydrogen) atoms. The van der Waals surface area contributed by atoms with Gasteiger partial charge in [0.1, 0.15) is 11.8 Å². The van der Waals surface area contributed by atoms with E-state index in [2.05, 4.69) is 15.0 Å². The quantitative estimate of drug-likeness (QED) is 0.335. The second-order valence-corrected chi connectivity index (χ2v) is 7.04. The molecule has 0 amide bonds. The molecule has 1 aliphatic heterocycles. The Morgan fingerprint density at radius 3 is 2.12 bits per heavy atom. The summed E-state index contributed by atoms with van der Waals surface area (Å²) < 4.78 is 27.9. The lowest BCUT2D eigenvalue weighted by molar-refractivity contribution is -0.262. The van der Waals surface area contributed by atoms with Crippen molar-refractivity contribution in [3.8, 4) is 0 Å². The van der Waals surface area contributed by atoms with Crippen molar-refractivity contribution >= 4 is 46.6 Å². The zero-order valence-corrected chi connectivity index (χ0v) is 18.1. The van der Waals surface area contributed by atoms with Crippen LogP contribution >= 0.6 is 11.6 Å². The maximum atomic E-state index is 12.5. The second-order valence-electron chi connectivity index (χ2n) is 6.68. The predicted molar refractivity (Wildman–Crippen MR) is 103 cm³/mol. The number of imidazole rings is 1. The third kappa shape index (κ3) is 4.62. The normalized spacial score (nSPS) is 25.1. The molecule has 0 N–H and O–H groups in total. The first-order chi connectivity index (χ1) is 15.1. The summed E-state index contributed by atoms with van der Waals surface area (Å²) in [6, 6.07) is 0. The van der Waals surface area contributed by atoms with Crippen molar-refractivity contribution in [2.45, 2.75) is 51.4 Å². The Morgan fingerprint density at radius 2 is 1.53 bits per heavy atom. The van der Waals surface area contributed by atoms with Crippen LogP contribution in [0.4, 0.5) is 0 Å². The number of hydrogen-bond acceptors (Lipinski definition) is 12. The molecule has 3 rings (SSSR count). The van der Waals surface area contributed by atoms with Crippen molar-refractivity contribution in [1.29, 1.82) is 0 Å². The number of carbonyl (C=O) groups excluding carboxylic acids is 4. The number of esters is 4. The van der Waals surface area contributed by atoms with Gasteiger partial charge in [-0.25, -0.2) is 19.7 Å². The molecular formula is C18H19ClN4O9. The maximum absolute atomic E-state index is 12.5. The lowest BCUT2D eigenvalue weighted by atomic mass is 9.96. The number of halogens is 1. The SMILES string of the molecule is COC(=O)[C@@H]1O[C@H](n2cnc3c(Cl)ncnc32)[C@H](OC(C)=O)[C@H](OC(C)=O)[C@H]1OC(C)=O. The van der Waals surface area contributed by atoms with Crippen molar-refractivity contribution in [2.75, 3.05) is 7.11 Å². The summed E-state index contributed by atoms with van der Waals surface area (Å²) >= 11 is 6.06. The fraction of sp³-hybridized carbons (Fsp3) is 0.500. The summed E-state index contributed by atoms with van der Waals surface area (Å²) in [7, 11) is 1.10. The second kappa shape index (κ2) is 9.44. The van der Waals surface area contributed by atoms with E-state index in [1.807, 2.05) is 0 Å². The first kappa shape index (κ1) is 23.3. The number of aromatic nitrogens is 4. The molecule has 14 heteroatoms. The van der Waals surface area contributed by atoms with Crippen LogP contribution in [0.1, 0.15) is 27.0 Å². The summed E-state index contributed by atoms with van der Waals surface area (Å²) in [5, 5.41) is 0.0486. The molecule has 0 saturated carbocycles. The van der Waals surface area contributed by atoms with Crippen LogP contribution < -0.4 is 0 Å². The molecule has 1 aliphatic rings. The molecule has 0 spiro atoms. The van der Waals surface area contributed by atoms with E-state index in [1.165, 1.54) is 17.2 Å². The molecule has 3 heterocycles. The lowest BCUT2D eigenvalue weighted by Crippen LogP contribution is -2.61. The standard InChI is InChI=1S/C18H19ClN4O9/c1-7(24)29-11-12(30-8(2)25)14(18(27)28-4)32-17(13(11)31-9(3)26)23-6-22-10-15(19)20-5-21-16(10)23/h5-6,11-14,17H,1-4H3/t11-,12-,13-,14-,17+/m1/s1. The van der Waals surface area contributed by atoms with Crippen LogP contribution in [0.5, 0.6) is 0 Å². The number of methoxy groups -OCH3 is 1. The average molecular weight is 471 g/mol. The Morgan fingerprint density at radius 1 is 0.938 bits per heavy atom. The first-order valence-electron chi connectivity index (χ1n) is 9.22. The highest BCUT2D eigenvalue weighted by Gasteiger charge is 2.55. The maximum Gasteiger partial charge on any atom is 0.339 e. The van der Waals surface area contributed by atoms with E-state index in [1.54, 1.807) is 0 Å². The number of nitrogens with zero attached hydrogens (tertiary/aromatic N) is 4. The van der Waals surface area contributed by atoms with Crippen molar-refractivity contribution < 1.29 is 42.9 Å². The molecule has 0 aromatic carbocycles. The molecule has 2 aromatic heterocycles. The Labute approximate surface area is 185 Å². The molecule has 0 bridgehead atoms. The molecule has 0 aliphatic carbocycles. The summed E-state index contributed by atoms with van der Waals surface area (Å²) in [5.74, 6) is -3.25. The summed E-state index contributed by atoms with van der Waals surface area (Å²) in [6.45, 7) is 3.32. The fourth-order valence-corrected chi connectivity index (χ4v) is 3.51. The number of fused-ring (bicyclic) bond motifs is 1. The van der Waals surface area contributed by atoms with Gasteiger partial charge in [0.25, 0.3) is 0 Å². The largest absolute Gasteiger partial charge is 0.467 e. The van der Waals surface area contributed by atoms with Gasteiger partial charge in [0, 0.05) is 20.8 Å². The van der Waals surface area contributed by atoms with Crippen LogP contribution in [-0.4, -0.2) is 74.9 Å². The van der Waals surface area contributed by atoms with Crippen molar-refractivity contribution in [1.82, 2.24) is 19.5 Å². The number of hydrogen-bond donors (Lipinski definition) is 0. The van der Waals surface area contributed by atoms with Gasteiger partial charge in [0.15, 0.2) is 41.4 Å². The van der Waals surface area contributed by atoms with Crippen LogP contribution in [0.15, 0.2) is 12.7 Å². The van der Waals surface area contributed by atoms with Gasteiger partial charge in [-0.3, -0.25) is 19.0 Å². The van der Waals surface area contributed by atoms with Gasteiger partial charge in [-0.1, -0.05) is 11.6 Å². The molecule has 172 valence electrons. The van der Waals surface area contributed by atoms with E-state index in [4.69, 9.17) is 35.3 Å². The molecular weight excluding hydrogens is 452 g/mol. The molecule has 0 unspecified atom stereocenters. The van der Waals surface area contributed by atoms with Gasteiger partial charge in [-0.15, -0.1) is 0 Å². The Kier molecular flexibility index (Phi) is 6.89. The van der Waals surface area contributed by atoms with Gasteiger partial charge >= 0.3 is 23.9 Å². The smallest absolute Gasteiger partial charge is 0.339 e. The third-order valence-corrected chi connectivity index (χ3v) is 4.72. The van der Waals surface area contributed by atoms with Crippen LogP contribution in [0, 0.1) is 0 Å². The van der Waals surface area contributed by atoms with E-state index < -0.39 is 54.5 Å². The minimum absolute atomic E-state index is 0.0486. The first-order valence-corrected chi connectivity index (χ1v) is 9.59. The van der Waals surface area contributed by atoms with E-state index in [0.29, 0.717) is 0 Å². The highest BCUT2D eigenvalue weighted by atomic mass is 35.5. The van der Waals surface area contributed by atoms with Gasteiger partial charge in [0.2, 0.25) is 0 Å². The topological polar surface area (TPSA) is 158 Å². The summed E-state index contributed by atoms with van der Waals surface area (Å²) in [4.78, 5) is 60.0. The number of carbonyl (C=O) groups is 4. The Balaban J connectivity index is 2.18. The highest BCUT2D eigenvalue weighted by Crippen LogP contribution is 2.36. The average Bonchev–Trinajstić information content (AvgIpc) is 3.14. The van der Waals surface area contributed by atoms with Gasteiger partial charge in [0.05, 0.1) is 13.4 Å². The molecule has 5 atom stereocenters. The third-order valence-electron chi connectivity index (χ3n) is 4.44. The minimum Gasteiger partial charge on any atom is -0.467 e. The van der Waals surface area contributed by atoms with Crippen molar-refractivity contribution in [3.63, 3.8) is 0 Å². The molecule has 13 nitrogen and oxygen atoms in total. The molecule has 0 radical (unpaired) electrons. The van der Waals surface area contributed by atoms with Crippen LogP contribution in [0.25, 0.3) is 11.2 Å². The lowest BCUT2D eigenvalue weighted by Gasteiger charge is -2.43. The minimum atomic E-state index is -1.54. The summed E-state index contributed by atoms with van der Waals surface area (Å²) in [5.41, 5.74) is 0.392. The van der Waals surface area contributed by atoms with Crippen LogP contribution in [0.3, 0.4) is 0 Å². The monoisotopic (exact) mass is 470 g/mol. The van der Waals surface area contributed by atoms with E-state index in [9.17, 15) is 19.2 Å². The predicted octanol–water partition coefficient (Wildman–Crippen LogP) is 0.345. The van der Waals surface area contributed by atoms with E-state index >= 15 is 0 Å². The zero-order valence-electron chi connectivity index (χ0n) is 17.4. The number of rotatable bonds is 5. The molecule has 2 aromatic rings. The van der Waals surface area contributed by atoms with Crippen molar-refractivity contribution in [3.05, 3.63) is 17.8 Å². The van der Waals surface area contributed by atoms with Crippen LogP contribution in [-0.2, 0) is 42.9 Å². The number of ether oxygens (including phenoxy) is 5. The van der Waals surface area contributed by atoms with Gasteiger partial charge in [-0.05, 0) is 0 Å². The van der Waals surface area contributed by atoms with Crippen LogP contribution in [0.2, 0.25) is 5.15 Å². The highest BCUT2D eigenvalue weighted by molar-refractivity contribution is 6.33. The van der Waals surface area contributed by atoms with E-state index in [-0.39, 0.29) is 16.3 Å². The Hall–Kier alpha value is -3.32. The molecule has 1 saturated heterocycles. The Bertz CT molecular complexity index is 1060. The fourth-order valence-electron chi connectivity index (χ4n) is 3.33.